The number of likely N-dealkylation sites (tertiary alicyclic amines) is 2. The lowest BCUT2D eigenvalue weighted by molar-refractivity contribution is -0.0799. The molecular weight excluding hydrogens is 340 g/mol. The maximum atomic E-state index is 6.52. The van der Waals surface area contributed by atoms with Gasteiger partial charge in [0.05, 0.1) is 12.2 Å². The number of hydrogen-bond acceptors (Lipinski definition) is 4. The summed E-state index contributed by atoms with van der Waals surface area (Å²) in [6.07, 6.45) is 4.88. The van der Waals surface area contributed by atoms with Gasteiger partial charge in [-0.05, 0) is 102 Å². The van der Waals surface area contributed by atoms with E-state index < -0.39 is 9.28 Å². The van der Waals surface area contributed by atoms with Crippen LogP contribution in [0, 0.1) is 0 Å². The molecule has 0 spiro atoms. The lowest BCUT2D eigenvalue weighted by atomic mass is 9.79. The third-order valence-corrected chi connectivity index (χ3v) is 8.54. The molecule has 0 saturated carbocycles. The average Bonchev–Trinajstić information content (AvgIpc) is 2.40. The van der Waals surface area contributed by atoms with Crippen LogP contribution >= 0.6 is 0 Å². The van der Waals surface area contributed by atoms with E-state index in [0.29, 0.717) is 12.2 Å². The molecule has 0 aromatic heterocycles. The first-order valence-electron chi connectivity index (χ1n) is 10.2. The van der Waals surface area contributed by atoms with Crippen molar-refractivity contribution in [2.75, 3.05) is 14.1 Å². The average molecular weight is 384 g/mol. The van der Waals surface area contributed by atoms with E-state index in [1.807, 2.05) is 0 Å². The van der Waals surface area contributed by atoms with Gasteiger partial charge in [0.25, 0.3) is 0 Å². The van der Waals surface area contributed by atoms with Crippen molar-refractivity contribution >= 4 is 9.28 Å². The molecule has 0 unspecified atom stereocenters. The Labute approximate surface area is 164 Å². The fraction of sp³-hybridized carbons (Fsp3) is 1.00. The van der Waals surface area contributed by atoms with Crippen molar-refractivity contribution in [1.82, 2.24) is 9.80 Å². The van der Waals surface area contributed by atoms with Gasteiger partial charge in [0.15, 0.2) is 0 Å². The molecule has 1 radical (unpaired) electrons. The van der Waals surface area contributed by atoms with Crippen molar-refractivity contribution in [3.8, 4) is 0 Å². The van der Waals surface area contributed by atoms with Gasteiger partial charge in [-0.1, -0.05) is 0 Å². The van der Waals surface area contributed by atoms with Crippen molar-refractivity contribution in [3.63, 3.8) is 0 Å². The van der Waals surface area contributed by atoms with Crippen LogP contribution in [0.3, 0.4) is 0 Å². The zero-order valence-corrected chi connectivity index (χ0v) is 20.2. The molecule has 0 amide bonds. The highest BCUT2D eigenvalue weighted by atomic mass is 28.3. The topological polar surface area (TPSA) is 24.9 Å². The first-order chi connectivity index (χ1) is 11.6. The summed E-state index contributed by atoms with van der Waals surface area (Å²) in [5.74, 6) is 0. The van der Waals surface area contributed by atoms with Gasteiger partial charge in [0.1, 0.15) is 0 Å². The highest BCUT2D eigenvalue weighted by molar-refractivity contribution is 6.42. The molecule has 0 aromatic carbocycles. The second-order valence-electron chi connectivity index (χ2n) is 11.2. The molecule has 2 aliphatic heterocycles. The Morgan fingerprint density at radius 2 is 0.846 bits per heavy atom. The quantitative estimate of drug-likeness (QED) is 0.670. The Balaban J connectivity index is 1.98. The highest BCUT2D eigenvalue weighted by Gasteiger charge is 2.46. The molecule has 2 fully saturated rings. The minimum Gasteiger partial charge on any atom is -0.390 e. The van der Waals surface area contributed by atoms with Crippen LogP contribution in [-0.2, 0) is 8.85 Å². The van der Waals surface area contributed by atoms with Crippen molar-refractivity contribution in [2.45, 2.75) is 122 Å². The van der Waals surface area contributed by atoms with Gasteiger partial charge in [-0.25, -0.2) is 0 Å². The molecule has 5 heteroatoms. The van der Waals surface area contributed by atoms with Gasteiger partial charge in [0, 0.05) is 22.2 Å². The lowest BCUT2D eigenvalue weighted by Gasteiger charge is -2.54. The second-order valence-corrected chi connectivity index (χ2v) is 12.6. The van der Waals surface area contributed by atoms with Crippen LogP contribution in [0.4, 0.5) is 0 Å². The van der Waals surface area contributed by atoms with Crippen molar-refractivity contribution in [2.24, 2.45) is 0 Å². The van der Waals surface area contributed by atoms with Crippen LogP contribution in [0.2, 0.25) is 6.55 Å². The van der Waals surface area contributed by atoms with E-state index in [1.54, 1.807) is 0 Å². The molecule has 2 saturated heterocycles. The van der Waals surface area contributed by atoms with Crippen LogP contribution in [0.25, 0.3) is 0 Å². The molecule has 0 aliphatic carbocycles. The molecule has 0 N–H and O–H groups in total. The van der Waals surface area contributed by atoms with E-state index in [-0.39, 0.29) is 22.2 Å². The number of hydrogen-bond donors (Lipinski definition) is 0. The van der Waals surface area contributed by atoms with Gasteiger partial charge in [-0.3, -0.25) is 9.80 Å². The molecule has 0 aromatic rings. The second kappa shape index (κ2) is 7.14. The summed E-state index contributed by atoms with van der Waals surface area (Å²) >= 11 is 0. The van der Waals surface area contributed by atoms with Crippen LogP contribution in [0.15, 0.2) is 0 Å². The Kier molecular flexibility index (Phi) is 6.14. The normalized spacial score (nSPS) is 30.0. The van der Waals surface area contributed by atoms with Crippen LogP contribution in [0.5, 0.6) is 0 Å². The Hall–Kier alpha value is 0.0569. The Morgan fingerprint density at radius 3 is 1.08 bits per heavy atom. The zero-order valence-electron chi connectivity index (χ0n) is 19.2. The number of nitrogens with zero attached hydrogens (tertiary/aromatic N) is 2. The van der Waals surface area contributed by atoms with Crippen LogP contribution in [-0.4, -0.2) is 67.5 Å². The highest BCUT2D eigenvalue weighted by Crippen LogP contribution is 2.40. The zero-order chi connectivity index (χ0) is 20.1. The third-order valence-electron chi connectivity index (χ3n) is 7.21. The van der Waals surface area contributed by atoms with Crippen molar-refractivity contribution in [3.05, 3.63) is 0 Å². The van der Waals surface area contributed by atoms with E-state index in [1.165, 1.54) is 0 Å². The van der Waals surface area contributed by atoms with Gasteiger partial charge in [0.2, 0.25) is 0 Å². The maximum Gasteiger partial charge on any atom is 0.381 e. The van der Waals surface area contributed by atoms with E-state index in [0.717, 1.165) is 25.7 Å². The molecule has 2 rings (SSSR count). The molecule has 0 bridgehead atoms. The SMILES string of the molecule is CN1C(C)(C)CC(O[Si](C)OC2CC(C)(C)N(C)C(C)(C)C2)CC1(C)C. The molecule has 153 valence electrons. The third kappa shape index (κ3) is 4.72. The predicted molar refractivity (Wildman–Crippen MR) is 112 cm³/mol. The summed E-state index contributed by atoms with van der Waals surface area (Å²) in [5.41, 5.74) is 0.635. The van der Waals surface area contributed by atoms with Crippen molar-refractivity contribution < 1.29 is 8.85 Å². The van der Waals surface area contributed by atoms with Gasteiger partial charge in [-0.15, -0.1) is 0 Å². The molecule has 0 atom stereocenters. The van der Waals surface area contributed by atoms with Gasteiger partial charge in [-0.2, -0.15) is 0 Å². The standard InChI is InChI=1S/C21H43N2O2Si/c1-18(2)12-16(13-19(3,4)22(18)9)24-26(11)25-17-14-20(5,6)23(10)21(7,8)15-17/h16-17H,12-15H2,1-11H3. The number of rotatable bonds is 4. The fourth-order valence-corrected chi connectivity index (χ4v) is 6.55. The minimum absolute atomic E-state index is 0.159. The summed E-state index contributed by atoms with van der Waals surface area (Å²) in [6.45, 7) is 20.8. The number of piperidine rings is 2. The van der Waals surface area contributed by atoms with E-state index in [9.17, 15) is 0 Å². The van der Waals surface area contributed by atoms with Gasteiger partial charge >= 0.3 is 9.28 Å². The van der Waals surface area contributed by atoms with Crippen LogP contribution < -0.4 is 0 Å². The lowest BCUT2D eigenvalue weighted by Crippen LogP contribution is -2.61. The van der Waals surface area contributed by atoms with E-state index >= 15 is 0 Å². The fourth-order valence-electron chi connectivity index (χ4n) is 5.22. The largest absolute Gasteiger partial charge is 0.390 e. The smallest absolute Gasteiger partial charge is 0.381 e. The minimum atomic E-state index is -1.26. The Bertz CT molecular complexity index is 424. The molecule has 4 nitrogen and oxygen atoms in total. The van der Waals surface area contributed by atoms with E-state index in [4.69, 9.17) is 8.85 Å². The summed E-state index contributed by atoms with van der Waals surface area (Å²) in [7, 11) is 3.23. The predicted octanol–water partition coefficient (Wildman–Crippen LogP) is 4.44. The summed E-state index contributed by atoms with van der Waals surface area (Å²) in [5, 5.41) is 0. The Morgan fingerprint density at radius 1 is 0.615 bits per heavy atom. The maximum absolute atomic E-state index is 6.52. The molecular formula is C21H43N2O2Si. The molecule has 2 heterocycles. The van der Waals surface area contributed by atoms with E-state index in [2.05, 4.69) is 85.8 Å². The summed E-state index contributed by atoms with van der Waals surface area (Å²) in [4.78, 5) is 5.01. The summed E-state index contributed by atoms with van der Waals surface area (Å²) in [6, 6.07) is 0. The first-order valence-corrected chi connectivity index (χ1v) is 12.0. The van der Waals surface area contributed by atoms with Crippen molar-refractivity contribution in [1.29, 1.82) is 0 Å². The monoisotopic (exact) mass is 383 g/mol. The summed E-state index contributed by atoms with van der Waals surface area (Å²) < 4.78 is 13.0. The molecule has 26 heavy (non-hydrogen) atoms. The van der Waals surface area contributed by atoms with Crippen LogP contribution in [0.1, 0.15) is 81.1 Å². The first kappa shape index (κ1) is 22.3. The molecule has 2 aliphatic rings. The van der Waals surface area contributed by atoms with Gasteiger partial charge < -0.3 is 8.85 Å².